The van der Waals surface area contributed by atoms with E-state index in [1.165, 1.54) is 0 Å². The average molecular weight is 506 g/mol. The molecule has 2 heterocycles. The van der Waals surface area contributed by atoms with Crippen molar-refractivity contribution in [2.75, 3.05) is 13.1 Å². The molecule has 3 N–H and O–H groups in total. The van der Waals surface area contributed by atoms with Gasteiger partial charge in [0.25, 0.3) is 0 Å². The summed E-state index contributed by atoms with van der Waals surface area (Å²) in [4.78, 5) is -0.238. The number of aromatic nitrogens is 1. The molecule has 5 rings (SSSR count). The Balaban J connectivity index is 1.42. The third-order valence-electron chi connectivity index (χ3n) is 6.15. The Labute approximate surface area is 199 Å². The Morgan fingerprint density at radius 3 is 2.06 bits per heavy atom. The van der Waals surface area contributed by atoms with Crippen molar-refractivity contribution in [2.45, 2.75) is 29.4 Å². The van der Waals surface area contributed by atoms with Gasteiger partial charge in [-0.25, -0.2) is 13.1 Å². The smallest absolute Gasteiger partial charge is 0.406 e. The summed E-state index contributed by atoms with van der Waals surface area (Å²) in [7, 11) is -4.13. The van der Waals surface area contributed by atoms with Crippen LogP contribution in [0, 0.1) is 0 Å². The van der Waals surface area contributed by atoms with Crippen LogP contribution in [0.5, 0.6) is 5.75 Å². The summed E-state index contributed by atoms with van der Waals surface area (Å²) in [6, 6.07) is 18.2. The summed E-state index contributed by atoms with van der Waals surface area (Å²) < 4.78 is 71.4. The molecule has 1 saturated heterocycles. The summed E-state index contributed by atoms with van der Waals surface area (Å²) in [5, 5.41) is 16.5. The van der Waals surface area contributed by atoms with Gasteiger partial charge in [-0.05, 0) is 36.4 Å². The summed E-state index contributed by atoms with van der Waals surface area (Å²) in [6.45, 7) is 0.606. The van der Waals surface area contributed by atoms with Crippen molar-refractivity contribution in [1.82, 2.24) is 14.6 Å². The van der Waals surface area contributed by atoms with Crippen LogP contribution in [-0.2, 0) is 10.0 Å². The minimum absolute atomic E-state index is 0.184. The van der Waals surface area contributed by atoms with E-state index >= 15 is 0 Å². The van der Waals surface area contributed by atoms with E-state index in [1.54, 1.807) is 0 Å². The molecular weight excluding hydrogens is 483 g/mol. The summed E-state index contributed by atoms with van der Waals surface area (Å²) >= 11 is 0. The van der Waals surface area contributed by atoms with Crippen molar-refractivity contribution >= 4 is 31.8 Å². The van der Waals surface area contributed by atoms with Gasteiger partial charge in [-0.2, -0.15) is 0 Å². The Bertz CT molecular complexity index is 1420. The van der Waals surface area contributed by atoms with Crippen LogP contribution in [-0.4, -0.2) is 49.7 Å². The fraction of sp³-hybridized carbons (Fsp3) is 0.250. The van der Waals surface area contributed by atoms with Gasteiger partial charge >= 0.3 is 6.36 Å². The van der Waals surface area contributed by atoms with Gasteiger partial charge in [0.05, 0.1) is 23.1 Å². The number of ether oxygens (including phenoxy) is 1. The predicted molar refractivity (Wildman–Crippen MR) is 125 cm³/mol. The Morgan fingerprint density at radius 1 is 0.914 bits per heavy atom. The maximum absolute atomic E-state index is 12.9. The van der Waals surface area contributed by atoms with Crippen molar-refractivity contribution in [2.24, 2.45) is 0 Å². The van der Waals surface area contributed by atoms with E-state index in [2.05, 4.69) is 14.8 Å². The quantitative estimate of drug-likeness (QED) is 0.386. The number of rotatable bonds is 5. The first-order chi connectivity index (χ1) is 16.6. The first-order valence-corrected chi connectivity index (χ1v) is 12.4. The van der Waals surface area contributed by atoms with Crippen molar-refractivity contribution in [3.05, 3.63) is 72.8 Å². The second kappa shape index (κ2) is 8.83. The topological polar surface area (TPSA) is 92.6 Å². The van der Waals surface area contributed by atoms with Crippen LogP contribution < -0.4 is 14.8 Å². The van der Waals surface area contributed by atoms with Gasteiger partial charge in [0.1, 0.15) is 5.75 Å². The highest BCUT2D eigenvalue weighted by Crippen LogP contribution is 2.34. The molecule has 1 aromatic heterocycles. The number of aliphatic hydroxyl groups excluding tert-OH is 1. The largest absolute Gasteiger partial charge is 0.573 e. The van der Waals surface area contributed by atoms with Gasteiger partial charge in [-0.1, -0.05) is 36.4 Å². The molecule has 0 amide bonds. The number of para-hydroxylation sites is 2. The number of aliphatic hydroxyl groups is 1. The number of hydrogen-bond donors (Lipinski definition) is 3. The highest BCUT2D eigenvalue weighted by Gasteiger charge is 2.37. The van der Waals surface area contributed by atoms with Gasteiger partial charge in [0.15, 0.2) is 0 Å². The number of fused-ring (bicyclic) bond motifs is 3. The molecule has 3 aromatic carbocycles. The van der Waals surface area contributed by atoms with Gasteiger partial charge in [-0.3, -0.25) is 0 Å². The van der Waals surface area contributed by atoms with E-state index in [0.717, 1.165) is 46.1 Å². The molecule has 4 aromatic rings. The summed E-state index contributed by atoms with van der Waals surface area (Å²) in [5.41, 5.74) is 1.84. The number of halogens is 3. The van der Waals surface area contributed by atoms with Crippen LogP contribution in [0.25, 0.3) is 21.8 Å². The number of nitrogens with zero attached hydrogens (tertiary/aromatic N) is 1. The number of sulfonamides is 1. The molecule has 3 atom stereocenters. The number of hydrogen-bond acceptors (Lipinski definition) is 5. The second-order valence-electron chi connectivity index (χ2n) is 8.37. The van der Waals surface area contributed by atoms with Gasteiger partial charge in [0, 0.05) is 34.9 Å². The molecule has 7 nitrogen and oxygen atoms in total. The molecule has 0 aliphatic carbocycles. The number of benzene rings is 3. The van der Waals surface area contributed by atoms with Crippen LogP contribution >= 0.6 is 0 Å². The number of piperidine rings is 1. The zero-order chi connectivity index (χ0) is 24.8. The lowest BCUT2D eigenvalue weighted by Crippen LogP contribution is -2.58. The van der Waals surface area contributed by atoms with E-state index in [4.69, 9.17) is 0 Å². The lowest BCUT2D eigenvalue weighted by molar-refractivity contribution is -0.274. The third kappa shape index (κ3) is 4.59. The van der Waals surface area contributed by atoms with Gasteiger partial charge in [0.2, 0.25) is 10.0 Å². The molecule has 1 aliphatic rings. The van der Waals surface area contributed by atoms with E-state index in [-0.39, 0.29) is 11.4 Å². The van der Waals surface area contributed by atoms with Crippen LogP contribution in [0.2, 0.25) is 0 Å². The highest BCUT2D eigenvalue weighted by atomic mass is 32.2. The number of alkyl halides is 3. The molecule has 184 valence electrons. The lowest BCUT2D eigenvalue weighted by Gasteiger charge is -2.37. The normalized spacial score (nSPS) is 21.4. The fourth-order valence-electron chi connectivity index (χ4n) is 4.65. The van der Waals surface area contributed by atoms with Crippen molar-refractivity contribution in [1.29, 1.82) is 0 Å². The average Bonchev–Trinajstić information content (AvgIpc) is 3.14. The first-order valence-electron chi connectivity index (χ1n) is 10.9. The Hall–Kier alpha value is -3.12. The van der Waals surface area contributed by atoms with Crippen LogP contribution in [0.1, 0.15) is 6.04 Å². The second-order valence-corrected chi connectivity index (χ2v) is 10.1. The number of nitrogens with one attached hydrogen (secondary N) is 2. The summed E-state index contributed by atoms with van der Waals surface area (Å²) in [5.74, 6) is -0.526. The van der Waals surface area contributed by atoms with Gasteiger partial charge in [-0.15, -0.1) is 13.2 Å². The molecular formula is C24H22F3N3O4S. The molecule has 0 spiro atoms. The maximum atomic E-state index is 12.9. The highest BCUT2D eigenvalue weighted by molar-refractivity contribution is 7.89. The lowest BCUT2D eigenvalue weighted by atomic mass is 9.99. The van der Waals surface area contributed by atoms with E-state index in [9.17, 15) is 26.7 Å². The maximum Gasteiger partial charge on any atom is 0.573 e. The standard InChI is InChI=1S/C24H22F3N3O4S/c25-24(26,27)34-15-9-11-16(12-10-15)35(32,33)29-19-13-28-14-22(23(19)31)30-20-7-3-1-5-17(20)18-6-2-4-8-21(18)30/h1-12,19,22-23,28-29,31H,13-14H2/t19-,22+,23+/m0/s1. The van der Waals surface area contributed by atoms with E-state index < -0.39 is 40.3 Å². The van der Waals surface area contributed by atoms with Gasteiger partial charge < -0.3 is 19.7 Å². The SMILES string of the molecule is O=S(=O)(N[C@H]1CNC[C@@H](n2c3ccccc3c3ccccc32)[C@@H]1O)c1ccc(OC(F)(F)F)cc1. The molecule has 11 heteroatoms. The Morgan fingerprint density at radius 2 is 1.49 bits per heavy atom. The van der Waals surface area contributed by atoms with Crippen molar-refractivity contribution in [3.8, 4) is 5.75 Å². The zero-order valence-corrected chi connectivity index (χ0v) is 19.1. The monoisotopic (exact) mass is 505 g/mol. The molecule has 0 radical (unpaired) electrons. The minimum Gasteiger partial charge on any atom is -0.406 e. The van der Waals surface area contributed by atoms with Crippen molar-refractivity contribution < 1.29 is 31.4 Å². The van der Waals surface area contributed by atoms with E-state index in [0.29, 0.717) is 6.54 Å². The third-order valence-corrected chi connectivity index (χ3v) is 7.65. The molecule has 0 bridgehead atoms. The summed E-state index contributed by atoms with van der Waals surface area (Å²) in [6.07, 6.45) is -5.95. The molecule has 0 unspecified atom stereocenters. The van der Waals surface area contributed by atoms with Crippen LogP contribution in [0.15, 0.2) is 77.7 Å². The molecule has 0 saturated carbocycles. The molecule has 1 fully saturated rings. The Kier molecular flexibility index (Phi) is 5.96. The predicted octanol–water partition coefficient (Wildman–Crippen LogP) is 3.55. The first kappa shape index (κ1) is 23.6. The molecule has 35 heavy (non-hydrogen) atoms. The zero-order valence-electron chi connectivity index (χ0n) is 18.2. The fourth-order valence-corrected chi connectivity index (χ4v) is 5.90. The molecule has 1 aliphatic heterocycles. The minimum atomic E-state index is -4.88. The van der Waals surface area contributed by atoms with Crippen LogP contribution in [0.3, 0.4) is 0 Å². The van der Waals surface area contributed by atoms with Crippen LogP contribution in [0.4, 0.5) is 13.2 Å². The van der Waals surface area contributed by atoms with Crippen molar-refractivity contribution in [3.63, 3.8) is 0 Å². The van der Waals surface area contributed by atoms with E-state index in [1.807, 2.05) is 53.1 Å².